The summed E-state index contributed by atoms with van der Waals surface area (Å²) in [5.41, 5.74) is 1.09. The molecule has 152 valence electrons. The molecule has 2 N–H and O–H groups in total. The van der Waals surface area contributed by atoms with Gasteiger partial charge in [-0.05, 0) is 25.3 Å². The Bertz CT molecular complexity index is 827. The van der Waals surface area contributed by atoms with Crippen molar-refractivity contribution in [2.75, 3.05) is 19.8 Å². The lowest BCUT2D eigenvalue weighted by atomic mass is 10.1. The number of amides is 3. The molecule has 8 heteroatoms. The molecule has 2 rings (SSSR count). The summed E-state index contributed by atoms with van der Waals surface area (Å²) in [7, 11) is 0. The smallest absolute Gasteiger partial charge is 0.375 e. The summed E-state index contributed by atoms with van der Waals surface area (Å²) < 4.78 is 16.0. The number of esters is 1. The molecule has 0 radical (unpaired) electrons. The van der Waals surface area contributed by atoms with Crippen LogP contribution in [0.25, 0.3) is 11.0 Å². The Morgan fingerprint density at radius 2 is 1.93 bits per heavy atom. The Kier molecular flexibility index (Phi) is 8.01. The first-order valence-corrected chi connectivity index (χ1v) is 9.25. The molecule has 3 amide bonds. The van der Waals surface area contributed by atoms with E-state index < -0.39 is 24.5 Å². The largest absolute Gasteiger partial charge is 0.450 e. The molecular formula is C20H26N2O6. The van der Waals surface area contributed by atoms with E-state index in [1.807, 2.05) is 32.9 Å². The van der Waals surface area contributed by atoms with Crippen LogP contribution in [-0.2, 0) is 20.9 Å². The fourth-order valence-corrected chi connectivity index (χ4v) is 2.49. The summed E-state index contributed by atoms with van der Waals surface area (Å²) >= 11 is 0. The van der Waals surface area contributed by atoms with Gasteiger partial charge in [0.05, 0.1) is 6.61 Å². The van der Waals surface area contributed by atoms with Crippen LogP contribution in [0.1, 0.15) is 43.3 Å². The van der Waals surface area contributed by atoms with E-state index in [1.54, 1.807) is 12.1 Å². The SMILES string of the molecule is CCOCc1c(C(=O)OCC(=O)NC(=O)NCCC(C)C)oc2ccccc12. The highest BCUT2D eigenvalue weighted by atomic mass is 16.5. The normalized spacial score (nSPS) is 10.9. The molecular weight excluding hydrogens is 364 g/mol. The predicted molar refractivity (Wildman–Crippen MR) is 103 cm³/mol. The van der Waals surface area contributed by atoms with Gasteiger partial charge in [-0.2, -0.15) is 0 Å². The number of carbonyl (C=O) groups excluding carboxylic acids is 3. The maximum Gasteiger partial charge on any atom is 0.375 e. The number of para-hydroxylation sites is 1. The van der Waals surface area contributed by atoms with Crippen LogP contribution in [0.4, 0.5) is 4.79 Å². The Hall–Kier alpha value is -2.87. The van der Waals surface area contributed by atoms with Gasteiger partial charge in [-0.25, -0.2) is 9.59 Å². The third kappa shape index (κ3) is 6.09. The summed E-state index contributed by atoms with van der Waals surface area (Å²) in [4.78, 5) is 35.8. The summed E-state index contributed by atoms with van der Waals surface area (Å²) in [6.45, 7) is 6.42. The van der Waals surface area contributed by atoms with Gasteiger partial charge in [0, 0.05) is 24.1 Å². The molecule has 0 aliphatic carbocycles. The molecule has 1 heterocycles. The Morgan fingerprint density at radius 3 is 2.64 bits per heavy atom. The van der Waals surface area contributed by atoms with Crippen molar-refractivity contribution in [2.24, 2.45) is 5.92 Å². The van der Waals surface area contributed by atoms with Gasteiger partial charge < -0.3 is 19.2 Å². The minimum atomic E-state index is -0.790. The maximum absolute atomic E-state index is 12.4. The lowest BCUT2D eigenvalue weighted by Crippen LogP contribution is -2.42. The van der Waals surface area contributed by atoms with Crippen molar-refractivity contribution in [3.05, 3.63) is 35.6 Å². The van der Waals surface area contributed by atoms with Gasteiger partial charge >= 0.3 is 12.0 Å². The van der Waals surface area contributed by atoms with Gasteiger partial charge in [0.1, 0.15) is 5.58 Å². The van der Waals surface area contributed by atoms with E-state index in [0.29, 0.717) is 30.2 Å². The molecule has 1 aromatic carbocycles. The number of urea groups is 1. The van der Waals surface area contributed by atoms with Crippen molar-refractivity contribution in [2.45, 2.75) is 33.8 Å². The van der Waals surface area contributed by atoms with Gasteiger partial charge in [-0.1, -0.05) is 32.0 Å². The molecule has 2 aromatic rings. The first kappa shape index (κ1) is 21.4. The number of imide groups is 1. The fraction of sp³-hybridized carbons (Fsp3) is 0.450. The number of furan rings is 1. The van der Waals surface area contributed by atoms with E-state index in [4.69, 9.17) is 13.9 Å². The molecule has 0 unspecified atom stereocenters. The van der Waals surface area contributed by atoms with Crippen LogP contribution < -0.4 is 10.6 Å². The maximum atomic E-state index is 12.4. The number of hydrogen-bond donors (Lipinski definition) is 2. The van der Waals surface area contributed by atoms with Crippen LogP contribution in [0.2, 0.25) is 0 Å². The average molecular weight is 390 g/mol. The molecule has 0 spiro atoms. The number of benzene rings is 1. The van der Waals surface area contributed by atoms with Crippen LogP contribution in [0.3, 0.4) is 0 Å². The molecule has 1 aromatic heterocycles. The Morgan fingerprint density at radius 1 is 1.18 bits per heavy atom. The van der Waals surface area contributed by atoms with E-state index in [0.717, 1.165) is 11.8 Å². The minimum Gasteiger partial charge on any atom is -0.450 e. The van der Waals surface area contributed by atoms with Crippen molar-refractivity contribution in [3.8, 4) is 0 Å². The quantitative estimate of drug-likeness (QED) is 0.638. The molecule has 0 saturated heterocycles. The van der Waals surface area contributed by atoms with Crippen molar-refractivity contribution < 1.29 is 28.3 Å². The summed E-state index contributed by atoms with van der Waals surface area (Å²) in [5, 5.41) is 5.43. The number of fused-ring (bicyclic) bond motifs is 1. The second-order valence-electron chi connectivity index (χ2n) is 6.61. The molecule has 0 fully saturated rings. The van der Waals surface area contributed by atoms with Crippen LogP contribution in [0.15, 0.2) is 28.7 Å². The van der Waals surface area contributed by atoms with Gasteiger partial charge in [-0.15, -0.1) is 0 Å². The highest BCUT2D eigenvalue weighted by Crippen LogP contribution is 2.27. The zero-order chi connectivity index (χ0) is 20.5. The second-order valence-corrected chi connectivity index (χ2v) is 6.61. The molecule has 0 aliphatic rings. The number of rotatable bonds is 9. The van der Waals surface area contributed by atoms with Crippen molar-refractivity contribution in [3.63, 3.8) is 0 Å². The first-order valence-electron chi connectivity index (χ1n) is 9.25. The Labute approximate surface area is 163 Å². The molecule has 0 aliphatic heterocycles. The van der Waals surface area contributed by atoms with E-state index in [9.17, 15) is 14.4 Å². The fourth-order valence-electron chi connectivity index (χ4n) is 2.49. The molecule has 0 bridgehead atoms. The minimum absolute atomic E-state index is 0.0103. The average Bonchev–Trinajstić information content (AvgIpc) is 3.02. The van der Waals surface area contributed by atoms with E-state index >= 15 is 0 Å². The lowest BCUT2D eigenvalue weighted by Gasteiger charge is -2.08. The third-order valence-electron chi connectivity index (χ3n) is 3.93. The first-order chi connectivity index (χ1) is 13.4. The summed E-state index contributed by atoms with van der Waals surface area (Å²) in [6, 6.07) is 6.54. The van der Waals surface area contributed by atoms with Crippen LogP contribution in [0, 0.1) is 5.92 Å². The monoisotopic (exact) mass is 390 g/mol. The summed E-state index contributed by atoms with van der Waals surface area (Å²) in [5.74, 6) is -1.09. The number of carbonyl (C=O) groups is 3. The second kappa shape index (κ2) is 10.5. The van der Waals surface area contributed by atoms with Crippen molar-refractivity contribution in [1.29, 1.82) is 0 Å². The van der Waals surface area contributed by atoms with Gasteiger partial charge in [0.2, 0.25) is 5.76 Å². The van der Waals surface area contributed by atoms with Gasteiger partial charge in [-0.3, -0.25) is 10.1 Å². The molecule has 8 nitrogen and oxygen atoms in total. The Balaban J connectivity index is 1.93. The molecule has 0 atom stereocenters. The molecule has 28 heavy (non-hydrogen) atoms. The highest BCUT2D eigenvalue weighted by Gasteiger charge is 2.23. The van der Waals surface area contributed by atoms with Crippen LogP contribution >= 0.6 is 0 Å². The van der Waals surface area contributed by atoms with Crippen LogP contribution in [0.5, 0.6) is 0 Å². The summed E-state index contributed by atoms with van der Waals surface area (Å²) in [6.07, 6.45) is 0.797. The van der Waals surface area contributed by atoms with E-state index in [-0.39, 0.29) is 12.4 Å². The topological polar surface area (TPSA) is 107 Å². The number of ether oxygens (including phenoxy) is 2. The van der Waals surface area contributed by atoms with E-state index in [1.165, 1.54) is 0 Å². The zero-order valence-corrected chi connectivity index (χ0v) is 16.4. The zero-order valence-electron chi connectivity index (χ0n) is 16.4. The van der Waals surface area contributed by atoms with Crippen LogP contribution in [-0.4, -0.2) is 37.7 Å². The van der Waals surface area contributed by atoms with E-state index in [2.05, 4.69) is 10.6 Å². The number of hydrogen-bond acceptors (Lipinski definition) is 6. The van der Waals surface area contributed by atoms with Gasteiger partial charge in [0.15, 0.2) is 6.61 Å². The standard InChI is InChI=1S/C20H26N2O6/c1-4-26-11-15-14-7-5-6-8-16(14)28-18(15)19(24)27-12-17(23)22-20(25)21-10-9-13(2)3/h5-8,13H,4,9-12H2,1-3H3,(H2,21,22,23,25). The predicted octanol–water partition coefficient (Wildman–Crippen LogP) is 3.00. The molecule has 0 saturated carbocycles. The highest BCUT2D eigenvalue weighted by molar-refractivity contribution is 5.98. The number of nitrogens with one attached hydrogen (secondary N) is 2. The van der Waals surface area contributed by atoms with Gasteiger partial charge in [0.25, 0.3) is 5.91 Å². The lowest BCUT2D eigenvalue weighted by molar-refractivity contribution is -0.123. The van der Waals surface area contributed by atoms with Crippen molar-refractivity contribution >= 4 is 28.9 Å². The van der Waals surface area contributed by atoms with Crippen molar-refractivity contribution in [1.82, 2.24) is 10.6 Å². The third-order valence-corrected chi connectivity index (χ3v) is 3.93.